The Bertz CT molecular complexity index is 549. The SMILES string of the molecule is CC1CNC(Cc2ccccc2)CN1c1cnn(C)c1. The zero-order valence-corrected chi connectivity index (χ0v) is 12.2. The minimum atomic E-state index is 0.494. The maximum Gasteiger partial charge on any atom is 0.0755 e. The van der Waals surface area contributed by atoms with Crippen LogP contribution in [0.4, 0.5) is 5.69 Å². The van der Waals surface area contributed by atoms with E-state index in [1.54, 1.807) is 0 Å². The summed E-state index contributed by atoms with van der Waals surface area (Å²) in [4.78, 5) is 2.46. The van der Waals surface area contributed by atoms with Gasteiger partial charge in [0.15, 0.2) is 0 Å². The third-order valence-corrected chi connectivity index (χ3v) is 4.00. The molecule has 0 amide bonds. The molecule has 106 valence electrons. The highest BCUT2D eigenvalue weighted by molar-refractivity contribution is 5.44. The predicted octanol–water partition coefficient (Wildman–Crippen LogP) is 1.83. The van der Waals surface area contributed by atoms with Crippen molar-refractivity contribution >= 4 is 5.69 Å². The fourth-order valence-electron chi connectivity index (χ4n) is 2.88. The summed E-state index contributed by atoms with van der Waals surface area (Å²) >= 11 is 0. The quantitative estimate of drug-likeness (QED) is 0.923. The van der Waals surface area contributed by atoms with E-state index in [1.165, 1.54) is 11.3 Å². The van der Waals surface area contributed by atoms with Gasteiger partial charge in [-0.2, -0.15) is 5.10 Å². The third-order valence-electron chi connectivity index (χ3n) is 4.00. The normalized spacial score (nSPS) is 23.0. The van der Waals surface area contributed by atoms with Gasteiger partial charge in [-0.15, -0.1) is 0 Å². The number of hydrogen-bond donors (Lipinski definition) is 1. The highest BCUT2D eigenvalue weighted by Gasteiger charge is 2.25. The van der Waals surface area contributed by atoms with Crippen molar-refractivity contribution in [2.45, 2.75) is 25.4 Å². The summed E-state index contributed by atoms with van der Waals surface area (Å²) in [6, 6.07) is 11.7. The van der Waals surface area contributed by atoms with E-state index >= 15 is 0 Å². The molecule has 1 aromatic heterocycles. The summed E-state index contributed by atoms with van der Waals surface area (Å²) in [6.45, 7) is 4.31. The zero-order valence-electron chi connectivity index (χ0n) is 12.2. The van der Waals surface area contributed by atoms with E-state index < -0.39 is 0 Å². The first-order chi connectivity index (χ1) is 9.72. The van der Waals surface area contributed by atoms with Gasteiger partial charge in [-0.1, -0.05) is 30.3 Å². The van der Waals surface area contributed by atoms with Crippen molar-refractivity contribution in [3.05, 3.63) is 48.3 Å². The second-order valence-electron chi connectivity index (χ2n) is 5.67. The first-order valence-corrected chi connectivity index (χ1v) is 7.25. The van der Waals surface area contributed by atoms with E-state index in [-0.39, 0.29) is 0 Å². The van der Waals surface area contributed by atoms with Crippen molar-refractivity contribution in [2.75, 3.05) is 18.0 Å². The Morgan fingerprint density at radius 2 is 2.10 bits per heavy atom. The lowest BCUT2D eigenvalue weighted by Gasteiger charge is -2.39. The van der Waals surface area contributed by atoms with Crippen LogP contribution in [0, 0.1) is 0 Å². The Morgan fingerprint density at radius 3 is 2.80 bits per heavy atom. The molecule has 3 rings (SSSR count). The van der Waals surface area contributed by atoms with Crippen LogP contribution >= 0.6 is 0 Å². The van der Waals surface area contributed by atoms with Crippen molar-refractivity contribution in [3.8, 4) is 0 Å². The lowest BCUT2D eigenvalue weighted by Crippen LogP contribution is -2.56. The highest BCUT2D eigenvalue weighted by atomic mass is 15.3. The fraction of sp³-hybridized carbons (Fsp3) is 0.438. The van der Waals surface area contributed by atoms with Crippen LogP contribution in [0.15, 0.2) is 42.7 Å². The number of aryl methyl sites for hydroxylation is 1. The van der Waals surface area contributed by atoms with Gasteiger partial charge < -0.3 is 10.2 Å². The number of piperazine rings is 1. The Labute approximate surface area is 120 Å². The number of anilines is 1. The summed E-state index contributed by atoms with van der Waals surface area (Å²) in [5.41, 5.74) is 2.62. The van der Waals surface area contributed by atoms with Crippen molar-refractivity contribution in [2.24, 2.45) is 7.05 Å². The number of nitrogens with one attached hydrogen (secondary N) is 1. The molecule has 1 aliphatic heterocycles. The van der Waals surface area contributed by atoms with Crippen molar-refractivity contribution in [3.63, 3.8) is 0 Å². The molecule has 1 saturated heterocycles. The molecule has 2 heterocycles. The van der Waals surface area contributed by atoms with E-state index in [4.69, 9.17) is 0 Å². The Kier molecular flexibility index (Phi) is 3.74. The van der Waals surface area contributed by atoms with Gasteiger partial charge in [-0.25, -0.2) is 0 Å². The summed E-state index contributed by atoms with van der Waals surface area (Å²) in [6.07, 6.45) is 5.13. The van der Waals surface area contributed by atoms with Crippen LogP contribution in [0.25, 0.3) is 0 Å². The van der Waals surface area contributed by atoms with Gasteiger partial charge in [0.2, 0.25) is 0 Å². The average Bonchev–Trinajstić information content (AvgIpc) is 2.89. The Balaban J connectivity index is 1.70. The van der Waals surface area contributed by atoms with Crippen LogP contribution in [0.5, 0.6) is 0 Å². The molecule has 0 radical (unpaired) electrons. The molecule has 1 aliphatic rings. The zero-order chi connectivity index (χ0) is 13.9. The number of rotatable bonds is 3. The molecule has 1 aromatic carbocycles. The van der Waals surface area contributed by atoms with E-state index in [1.807, 2.05) is 17.9 Å². The molecule has 0 spiro atoms. The summed E-state index contributed by atoms with van der Waals surface area (Å²) in [5.74, 6) is 0. The average molecular weight is 270 g/mol. The van der Waals surface area contributed by atoms with Crippen molar-refractivity contribution in [1.82, 2.24) is 15.1 Å². The second-order valence-corrected chi connectivity index (χ2v) is 5.67. The largest absolute Gasteiger partial charge is 0.363 e. The van der Waals surface area contributed by atoms with E-state index in [2.05, 4.69) is 58.8 Å². The van der Waals surface area contributed by atoms with Crippen LogP contribution in [0.1, 0.15) is 12.5 Å². The van der Waals surface area contributed by atoms with Gasteiger partial charge in [-0.05, 0) is 18.9 Å². The van der Waals surface area contributed by atoms with Crippen molar-refractivity contribution in [1.29, 1.82) is 0 Å². The lowest BCUT2D eigenvalue weighted by molar-refractivity contribution is 0.403. The predicted molar refractivity (Wildman–Crippen MR) is 82.0 cm³/mol. The van der Waals surface area contributed by atoms with Gasteiger partial charge in [0.05, 0.1) is 11.9 Å². The standard InChI is InChI=1S/C16H22N4/c1-13-9-17-15(8-14-6-4-3-5-7-14)11-20(13)16-10-18-19(2)12-16/h3-7,10,12-13,15,17H,8-9,11H2,1-2H3. The van der Waals surface area contributed by atoms with Gasteiger partial charge >= 0.3 is 0 Å². The Hall–Kier alpha value is -1.81. The van der Waals surface area contributed by atoms with E-state index in [9.17, 15) is 0 Å². The molecular weight excluding hydrogens is 248 g/mol. The molecule has 1 N–H and O–H groups in total. The Morgan fingerprint density at radius 1 is 1.30 bits per heavy atom. The fourth-order valence-corrected chi connectivity index (χ4v) is 2.88. The maximum atomic E-state index is 4.29. The number of benzene rings is 1. The highest BCUT2D eigenvalue weighted by Crippen LogP contribution is 2.19. The monoisotopic (exact) mass is 270 g/mol. The maximum absolute atomic E-state index is 4.29. The summed E-state index contributed by atoms with van der Waals surface area (Å²) in [5, 5.41) is 7.94. The molecule has 2 unspecified atom stereocenters. The molecule has 0 saturated carbocycles. The molecule has 1 fully saturated rings. The first kappa shape index (κ1) is 13.2. The number of nitrogens with zero attached hydrogens (tertiary/aromatic N) is 3. The summed E-state index contributed by atoms with van der Waals surface area (Å²) in [7, 11) is 1.97. The molecule has 20 heavy (non-hydrogen) atoms. The first-order valence-electron chi connectivity index (χ1n) is 7.25. The topological polar surface area (TPSA) is 33.1 Å². The molecule has 4 heteroatoms. The van der Waals surface area contributed by atoms with E-state index in [0.29, 0.717) is 12.1 Å². The lowest BCUT2D eigenvalue weighted by atomic mass is 10.0. The molecule has 0 aliphatic carbocycles. The van der Waals surface area contributed by atoms with Crippen LogP contribution in [-0.4, -0.2) is 35.0 Å². The van der Waals surface area contributed by atoms with Gasteiger partial charge in [0.25, 0.3) is 0 Å². The second kappa shape index (κ2) is 5.67. The molecule has 2 aromatic rings. The van der Waals surface area contributed by atoms with Gasteiger partial charge in [0, 0.05) is 38.4 Å². The molecule has 2 atom stereocenters. The molecular formula is C16H22N4. The smallest absolute Gasteiger partial charge is 0.0755 e. The van der Waals surface area contributed by atoms with Crippen molar-refractivity contribution < 1.29 is 0 Å². The molecule has 0 bridgehead atoms. The number of aromatic nitrogens is 2. The third kappa shape index (κ3) is 2.85. The van der Waals surface area contributed by atoms with Gasteiger partial charge in [-0.3, -0.25) is 4.68 Å². The minimum Gasteiger partial charge on any atom is -0.363 e. The van der Waals surface area contributed by atoms with Gasteiger partial charge in [0.1, 0.15) is 0 Å². The van der Waals surface area contributed by atoms with Crippen LogP contribution < -0.4 is 10.2 Å². The van der Waals surface area contributed by atoms with Crippen LogP contribution in [0.2, 0.25) is 0 Å². The molecule has 4 nitrogen and oxygen atoms in total. The van der Waals surface area contributed by atoms with Crippen LogP contribution in [-0.2, 0) is 13.5 Å². The number of hydrogen-bond acceptors (Lipinski definition) is 3. The summed E-state index contributed by atoms with van der Waals surface area (Å²) < 4.78 is 1.87. The minimum absolute atomic E-state index is 0.494. The van der Waals surface area contributed by atoms with E-state index in [0.717, 1.165) is 19.5 Å². The van der Waals surface area contributed by atoms with Crippen LogP contribution in [0.3, 0.4) is 0 Å².